The summed E-state index contributed by atoms with van der Waals surface area (Å²) in [6.07, 6.45) is 1.44. The molecular weight excluding hydrogens is 283 g/mol. The van der Waals surface area contributed by atoms with Gasteiger partial charge in [0.05, 0.1) is 12.9 Å². The quantitative estimate of drug-likeness (QED) is 0.852. The molecule has 1 fully saturated rings. The standard InChI is InChI=1S/C14H17FO4S/c1-19-12-6-4-5-10(14(12)15)9-11(16)13-7-2-3-8-20(13,17)18/h4-6,13H,2-3,7-9H2,1H3. The number of hydrogen-bond acceptors (Lipinski definition) is 4. The Morgan fingerprint density at radius 3 is 2.80 bits per heavy atom. The Morgan fingerprint density at radius 2 is 2.15 bits per heavy atom. The first kappa shape index (κ1) is 15.0. The van der Waals surface area contributed by atoms with Crippen molar-refractivity contribution < 1.29 is 22.3 Å². The number of halogens is 1. The van der Waals surface area contributed by atoms with Gasteiger partial charge in [-0.15, -0.1) is 0 Å². The van der Waals surface area contributed by atoms with Gasteiger partial charge in [0.1, 0.15) is 5.25 Å². The van der Waals surface area contributed by atoms with Crippen LogP contribution in [0.5, 0.6) is 5.75 Å². The molecule has 1 aliphatic heterocycles. The molecule has 1 heterocycles. The van der Waals surface area contributed by atoms with Crippen molar-refractivity contribution in [1.82, 2.24) is 0 Å². The molecule has 0 aliphatic carbocycles. The molecule has 0 amide bonds. The van der Waals surface area contributed by atoms with Crippen LogP contribution >= 0.6 is 0 Å². The minimum absolute atomic E-state index is 0.0456. The monoisotopic (exact) mass is 300 g/mol. The van der Waals surface area contributed by atoms with Crippen LogP contribution < -0.4 is 4.74 Å². The molecule has 0 spiro atoms. The summed E-state index contributed by atoms with van der Waals surface area (Å²) >= 11 is 0. The topological polar surface area (TPSA) is 60.4 Å². The maximum absolute atomic E-state index is 14.0. The molecule has 0 aromatic heterocycles. The van der Waals surface area contributed by atoms with E-state index in [1.807, 2.05) is 0 Å². The van der Waals surface area contributed by atoms with Crippen LogP contribution in [0, 0.1) is 5.82 Å². The van der Waals surface area contributed by atoms with Crippen LogP contribution in [0.1, 0.15) is 24.8 Å². The third-order valence-corrected chi connectivity index (χ3v) is 5.79. The maximum atomic E-state index is 14.0. The predicted molar refractivity (Wildman–Crippen MR) is 73.1 cm³/mol. The van der Waals surface area contributed by atoms with Crippen molar-refractivity contribution in [3.05, 3.63) is 29.6 Å². The van der Waals surface area contributed by atoms with E-state index in [-0.39, 0.29) is 23.5 Å². The summed E-state index contributed by atoms with van der Waals surface area (Å²) < 4.78 is 42.6. The Balaban J connectivity index is 2.20. The molecule has 0 saturated carbocycles. The van der Waals surface area contributed by atoms with Crippen molar-refractivity contribution in [2.75, 3.05) is 12.9 Å². The number of carbonyl (C=O) groups excluding carboxylic acids is 1. The van der Waals surface area contributed by atoms with Crippen LogP contribution in [0.3, 0.4) is 0 Å². The summed E-state index contributed by atoms with van der Waals surface area (Å²) in [7, 11) is -2.03. The van der Waals surface area contributed by atoms with Gasteiger partial charge < -0.3 is 4.74 Å². The fraction of sp³-hybridized carbons (Fsp3) is 0.500. The minimum atomic E-state index is -3.37. The van der Waals surface area contributed by atoms with Crippen LogP contribution in [0.25, 0.3) is 0 Å². The Labute approximate surface area is 117 Å². The van der Waals surface area contributed by atoms with E-state index in [1.54, 1.807) is 6.07 Å². The molecule has 1 aromatic rings. The van der Waals surface area contributed by atoms with E-state index in [1.165, 1.54) is 19.2 Å². The van der Waals surface area contributed by atoms with Crippen molar-refractivity contribution in [2.24, 2.45) is 0 Å². The second kappa shape index (κ2) is 5.91. The van der Waals surface area contributed by atoms with E-state index in [2.05, 4.69) is 0 Å². The minimum Gasteiger partial charge on any atom is -0.494 e. The lowest BCUT2D eigenvalue weighted by molar-refractivity contribution is -0.118. The molecule has 1 aliphatic rings. The number of Topliss-reactive ketones (excluding diaryl/α,β-unsaturated/α-hetero) is 1. The van der Waals surface area contributed by atoms with Gasteiger partial charge in [0.15, 0.2) is 27.2 Å². The zero-order chi connectivity index (χ0) is 14.8. The van der Waals surface area contributed by atoms with E-state index in [9.17, 15) is 17.6 Å². The molecule has 0 bridgehead atoms. The molecule has 1 atom stereocenters. The Kier molecular flexibility index (Phi) is 4.42. The largest absolute Gasteiger partial charge is 0.494 e. The first-order chi connectivity index (χ1) is 9.45. The highest BCUT2D eigenvalue weighted by molar-refractivity contribution is 7.92. The van der Waals surface area contributed by atoms with Gasteiger partial charge in [0, 0.05) is 6.42 Å². The Hall–Kier alpha value is -1.43. The molecule has 2 rings (SSSR count). The molecule has 1 aromatic carbocycles. The SMILES string of the molecule is COc1cccc(CC(=O)C2CCCCS2(=O)=O)c1F. The van der Waals surface area contributed by atoms with Gasteiger partial charge in [0.2, 0.25) is 0 Å². The van der Waals surface area contributed by atoms with E-state index >= 15 is 0 Å². The van der Waals surface area contributed by atoms with Gasteiger partial charge in [-0.25, -0.2) is 12.8 Å². The highest BCUT2D eigenvalue weighted by Crippen LogP contribution is 2.24. The predicted octanol–water partition coefficient (Wildman–Crippen LogP) is 1.91. The van der Waals surface area contributed by atoms with E-state index in [0.29, 0.717) is 12.8 Å². The highest BCUT2D eigenvalue weighted by atomic mass is 32.2. The Morgan fingerprint density at radius 1 is 1.40 bits per heavy atom. The third-order valence-electron chi connectivity index (χ3n) is 3.57. The number of ether oxygens (including phenoxy) is 1. The van der Waals surface area contributed by atoms with Crippen LogP contribution in [-0.4, -0.2) is 32.3 Å². The fourth-order valence-corrected chi connectivity index (χ4v) is 4.37. The lowest BCUT2D eigenvalue weighted by Crippen LogP contribution is -2.36. The third kappa shape index (κ3) is 3.00. The number of benzene rings is 1. The van der Waals surface area contributed by atoms with Crippen LogP contribution in [0.4, 0.5) is 4.39 Å². The van der Waals surface area contributed by atoms with Crippen molar-refractivity contribution >= 4 is 15.6 Å². The summed E-state index contributed by atoms with van der Waals surface area (Å²) in [6.45, 7) is 0. The number of ketones is 1. The summed E-state index contributed by atoms with van der Waals surface area (Å²) in [6, 6.07) is 4.52. The van der Waals surface area contributed by atoms with Crippen molar-refractivity contribution in [1.29, 1.82) is 0 Å². The Bertz CT molecular complexity index is 610. The van der Waals surface area contributed by atoms with E-state index < -0.39 is 26.7 Å². The second-order valence-corrected chi connectivity index (χ2v) is 7.23. The molecule has 1 saturated heterocycles. The van der Waals surface area contributed by atoms with Gasteiger partial charge in [-0.1, -0.05) is 18.6 Å². The normalized spacial score (nSPS) is 21.4. The van der Waals surface area contributed by atoms with Crippen molar-refractivity contribution in [2.45, 2.75) is 30.9 Å². The maximum Gasteiger partial charge on any atom is 0.168 e. The smallest absolute Gasteiger partial charge is 0.168 e. The first-order valence-electron chi connectivity index (χ1n) is 6.51. The molecule has 110 valence electrons. The molecule has 0 N–H and O–H groups in total. The lowest BCUT2D eigenvalue weighted by Gasteiger charge is -2.21. The van der Waals surface area contributed by atoms with Gasteiger partial charge in [0.25, 0.3) is 0 Å². The molecule has 0 radical (unpaired) electrons. The van der Waals surface area contributed by atoms with Gasteiger partial charge >= 0.3 is 0 Å². The van der Waals surface area contributed by atoms with Crippen LogP contribution in [0.15, 0.2) is 18.2 Å². The number of hydrogen-bond donors (Lipinski definition) is 0. The highest BCUT2D eigenvalue weighted by Gasteiger charge is 2.34. The number of methoxy groups -OCH3 is 1. The van der Waals surface area contributed by atoms with Gasteiger partial charge in [-0.2, -0.15) is 0 Å². The lowest BCUT2D eigenvalue weighted by atomic mass is 10.0. The first-order valence-corrected chi connectivity index (χ1v) is 8.23. The fourth-order valence-electron chi connectivity index (χ4n) is 2.47. The van der Waals surface area contributed by atoms with E-state index in [4.69, 9.17) is 4.74 Å². The zero-order valence-corrected chi connectivity index (χ0v) is 12.1. The summed E-state index contributed by atoms with van der Waals surface area (Å²) in [5, 5.41) is -0.984. The number of rotatable bonds is 4. The average Bonchev–Trinajstić information content (AvgIpc) is 2.40. The van der Waals surface area contributed by atoms with E-state index in [0.717, 1.165) is 6.42 Å². The molecule has 20 heavy (non-hydrogen) atoms. The van der Waals surface area contributed by atoms with Crippen LogP contribution in [0.2, 0.25) is 0 Å². The number of sulfone groups is 1. The molecule has 1 unspecified atom stereocenters. The molecular formula is C14H17FO4S. The van der Waals surface area contributed by atoms with Gasteiger partial charge in [-0.05, 0) is 24.5 Å². The zero-order valence-electron chi connectivity index (χ0n) is 11.3. The number of carbonyl (C=O) groups is 1. The molecule has 6 heteroatoms. The van der Waals surface area contributed by atoms with Crippen LogP contribution in [-0.2, 0) is 21.1 Å². The summed E-state index contributed by atoms with van der Waals surface area (Å²) in [5.74, 6) is -0.931. The summed E-state index contributed by atoms with van der Waals surface area (Å²) in [4.78, 5) is 12.1. The second-order valence-electron chi connectivity index (χ2n) is 4.93. The average molecular weight is 300 g/mol. The van der Waals surface area contributed by atoms with Gasteiger partial charge in [-0.3, -0.25) is 4.79 Å². The van der Waals surface area contributed by atoms with Crippen molar-refractivity contribution in [3.8, 4) is 5.75 Å². The van der Waals surface area contributed by atoms with Crippen molar-refractivity contribution in [3.63, 3.8) is 0 Å². The molecule has 4 nitrogen and oxygen atoms in total. The summed E-state index contributed by atoms with van der Waals surface area (Å²) in [5.41, 5.74) is 0.176.